The molecule has 15 heavy (non-hydrogen) atoms. The number of rotatable bonds is 4. The minimum absolute atomic E-state index is 0.0114. The average Bonchev–Trinajstić information content (AvgIpc) is 2.14. The fraction of sp³-hybridized carbons (Fsp3) is 0.250. The zero-order valence-corrected chi connectivity index (χ0v) is 7.48. The first-order chi connectivity index (χ1) is 7.08. The summed E-state index contributed by atoms with van der Waals surface area (Å²) >= 11 is 0. The van der Waals surface area contributed by atoms with Gasteiger partial charge in [0.2, 0.25) is 5.88 Å². The highest BCUT2D eigenvalue weighted by molar-refractivity contribution is 5.64. The molecule has 0 unspecified atom stereocenters. The molecule has 1 rings (SSSR count). The molecule has 0 atom stereocenters. The van der Waals surface area contributed by atoms with Crippen molar-refractivity contribution in [2.24, 2.45) is 0 Å². The van der Waals surface area contributed by atoms with Crippen LogP contribution >= 0.6 is 0 Å². The Kier molecular flexibility index (Phi) is 3.78. The molecule has 0 spiro atoms. The average molecular weight is 218 g/mol. The third-order valence-electron chi connectivity index (χ3n) is 1.45. The van der Waals surface area contributed by atoms with Crippen LogP contribution in [0.4, 0.5) is 13.6 Å². The van der Waals surface area contributed by atoms with Crippen molar-refractivity contribution >= 4 is 6.09 Å². The predicted molar refractivity (Wildman–Crippen MR) is 45.7 cm³/mol. The van der Waals surface area contributed by atoms with Crippen molar-refractivity contribution in [2.45, 2.75) is 13.2 Å². The number of carboxylic acid groups (broad SMARTS) is 1. The van der Waals surface area contributed by atoms with Crippen LogP contribution in [0.15, 0.2) is 18.3 Å². The van der Waals surface area contributed by atoms with Crippen LogP contribution in [0.25, 0.3) is 0 Å². The highest BCUT2D eigenvalue weighted by Crippen LogP contribution is 2.11. The monoisotopic (exact) mass is 218 g/mol. The molecule has 1 amide bonds. The van der Waals surface area contributed by atoms with Crippen molar-refractivity contribution in [3.63, 3.8) is 0 Å². The van der Waals surface area contributed by atoms with E-state index in [4.69, 9.17) is 5.11 Å². The smallest absolute Gasteiger partial charge is 0.404 e. The zero-order valence-electron chi connectivity index (χ0n) is 7.48. The quantitative estimate of drug-likeness (QED) is 0.802. The van der Waals surface area contributed by atoms with Crippen molar-refractivity contribution < 1.29 is 23.4 Å². The third-order valence-corrected chi connectivity index (χ3v) is 1.45. The van der Waals surface area contributed by atoms with Gasteiger partial charge in [-0.1, -0.05) is 0 Å². The van der Waals surface area contributed by atoms with Crippen molar-refractivity contribution in [3.8, 4) is 5.88 Å². The van der Waals surface area contributed by atoms with Gasteiger partial charge < -0.3 is 15.2 Å². The summed E-state index contributed by atoms with van der Waals surface area (Å²) < 4.78 is 27.6. The third kappa shape index (κ3) is 4.21. The van der Waals surface area contributed by atoms with Crippen LogP contribution in [-0.4, -0.2) is 22.8 Å². The molecule has 0 aliphatic carbocycles. The molecule has 0 aromatic carbocycles. The summed E-state index contributed by atoms with van der Waals surface area (Å²) in [4.78, 5) is 13.7. The zero-order chi connectivity index (χ0) is 11.3. The first kappa shape index (κ1) is 11.2. The van der Waals surface area contributed by atoms with Crippen molar-refractivity contribution in [2.75, 3.05) is 0 Å². The fourth-order valence-electron chi connectivity index (χ4n) is 0.894. The lowest BCUT2D eigenvalue weighted by Gasteiger charge is -2.05. The van der Waals surface area contributed by atoms with Gasteiger partial charge in [0, 0.05) is 18.8 Å². The summed E-state index contributed by atoms with van der Waals surface area (Å²) in [6, 6.07) is 2.73. The van der Waals surface area contributed by atoms with Crippen LogP contribution in [0.3, 0.4) is 0 Å². The van der Waals surface area contributed by atoms with Gasteiger partial charge in [-0.25, -0.2) is 9.78 Å². The summed E-state index contributed by atoms with van der Waals surface area (Å²) in [5, 5.41) is 10.4. The Labute approximate surface area is 83.7 Å². The van der Waals surface area contributed by atoms with Crippen LogP contribution in [0.2, 0.25) is 0 Å². The Bertz CT molecular complexity index is 346. The fourth-order valence-corrected chi connectivity index (χ4v) is 0.894. The molecule has 5 nitrogen and oxygen atoms in total. The SMILES string of the molecule is O=C(O)NCc1ccnc(OC(F)F)c1. The van der Waals surface area contributed by atoms with Crippen LogP contribution < -0.4 is 10.1 Å². The molecule has 2 N–H and O–H groups in total. The van der Waals surface area contributed by atoms with E-state index >= 15 is 0 Å². The highest BCUT2D eigenvalue weighted by atomic mass is 19.3. The molecule has 0 saturated carbocycles. The number of nitrogens with zero attached hydrogens (tertiary/aromatic N) is 1. The minimum Gasteiger partial charge on any atom is -0.465 e. The molecule has 1 aromatic heterocycles. The molecule has 0 saturated heterocycles. The largest absolute Gasteiger partial charge is 0.465 e. The lowest BCUT2D eigenvalue weighted by Crippen LogP contribution is -2.20. The second-order valence-electron chi connectivity index (χ2n) is 2.54. The number of carbonyl (C=O) groups is 1. The van der Waals surface area contributed by atoms with Gasteiger partial charge in [0.25, 0.3) is 0 Å². The van der Waals surface area contributed by atoms with Gasteiger partial charge in [0.05, 0.1) is 0 Å². The standard InChI is InChI=1S/C8H8F2N2O3/c9-7(10)15-6-3-5(1-2-11-6)4-12-8(13)14/h1-3,7,12H,4H2,(H,13,14). The Morgan fingerprint density at radius 2 is 2.40 bits per heavy atom. The van der Waals surface area contributed by atoms with Crippen LogP contribution in [0, 0.1) is 0 Å². The highest BCUT2D eigenvalue weighted by Gasteiger charge is 2.06. The second kappa shape index (κ2) is 5.08. The van der Waals surface area contributed by atoms with Gasteiger partial charge >= 0.3 is 12.7 Å². The van der Waals surface area contributed by atoms with Crippen LogP contribution in [-0.2, 0) is 6.54 Å². The Morgan fingerprint density at radius 3 is 3.00 bits per heavy atom. The number of ether oxygens (including phenoxy) is 1. The van der Waals surface area contributed by atoms with E-state index in [0.29, 0.717) is 5.56 Å². The van der Waals surface area contributed by atoms with E-state index in [9.17, 15) is 13.6 Å². The summed E-state index contributed by atoms with van der Waals surface area (Å²) in [5.74, 6) is -0.241. The number of halogens is 2. The number of hydrogen-bond donors (Lipinski definition) is 2. The number of amides is 1. The summed E-state index contributed by atoms with van der Waals surface area (Å²) in [5.41, 5.74) is 0.489. The molecule has 0 aliphatic rings. The van der Waals surface area contributed by atoms with E-state index in [1.54, 1.807) is 0 Å². The molecule has 1 heterocycles. The maximum Gasteiger partial charge on any atom is 0.404 e. The second-order valence-corrected chi connectivity index (χ2v) is 2.54. The Balaban J connectivity index is 2.61. The van der Waals surface area contributed by atoms with E-state index in [2.05, 4.69) is 15.0 Å². The number of hydrogen-bond acceptors (Lipinski definition) is 3. The molecule has 0 fully saturated rings. The topological polar surface area (TPSA) is 71.5 Å². The Morgan fingerprint density at radius 1 is 1.67 bits per heavy atom. The summed E-state index contributed by atoms with van der Waals surface area (Å²) in [7, 11) is 0. The van der Waals surface area contributed by atoms with E-state index in [1.165, 1.54) is 18.3 Å². The predicted octanol–water partition coefficient (Wildman–Crippen LogP) is 1.45. The van der Waals surface area contributed by atoms with Crippen LogP contribution in [0.5, 0.6) is 5.88 Å². The molecular weight excluding hydrogens is 210 g/mol. The molecule has 7 heteroatoms. The maximum absolute atomic E-state index is 11.8. The van der Waals surface area contributed by atoms with Gasteiger partial charge in [-0.3, -0.25) is 0 Å². The molecule has 1 aromatic rings. The minimum atomic E-state index is -2.94. The van der Waals surface area contributed by atoms with Gasteiger partial charge in [0.15, 0.2) is 0 Å². The number of nitrogens with one attached hydrogen (secondary N) is 1. The van der Waals surface area contributed by atoms with E-state index in [-0.39, 0.29) is 12.4 Å². The Hall–Kier alpha value is -1.92. The van der Waals surface area contributed by atoms with E-state index < -0.39 is 12.7 Å². The first-order valence-electron chi connectivity index (χ1n) is 3.94. The maximum atomic E-state index is 11.8. The number of alkyl halides is 2. The number of pyridine rings is 1. The molecular formula is C8H8F2N2O3. The first-order valence-corrected chi connectivity index (χ1v) is 3.94. The molecule has 0 bridgehead atoms. The molecule has 0 aliphatic heterocycles. The normalized spacial score (nSPS) is 10.1. The van der Waals surface area contributed by atoms with Crippen molar-refractivity contribution in [1.29, 1.82) is 0 Å². The number of aromatic nitrogens is 1. The molecule has 0 radical (unpaired) electrons. The van der Waals surface area contributed by atoms with E-state index in [1.807, 2.05) is 0 Å². The van der Waals surface area contributed by atoms with Gasteiger partial charge in [-0.2, -0.15) is 8.78 Å². The van der Waals surface area contributed by atoms with Gasteiger partial charge in [-0.15, -0.1) is 0 Å². The summed E-state index contributed by atoms with van der Waals surface area (Å²) in [6.07, 6.45) is 0.0690. The molecule has 82 valence electrons. The van der Waals surface area contributed by atoms with Crippen molar-refractivity contribution in [3.05, 3.63) is 23.9 Å². The van der Waals surface area contributed by atoms with Crippen molar-refractivity contribution in [1.82, 2.24) is 10.3 Å². The van der Waals surface area contributed by atoms with Crippen LogP contribution in [0.1, 0.15) is 5.56 Å². The lowest BCUT2D eigenvalue weighted by atomic mass is 10.3. The van der Waals surface area contributed by atoms with Gasteiger partial charge in [0.1, 0.15) is 0 Å². The lowest BCUT2D eigenvalue weighted by molar-refractivity contribution is -0.0529. The van der Waals surface area contributed by atoms with E-state index in [0.717, 1.165) is 0 Å². The summed E-state index contributed by atoms with van der Waals surface area (Å²) in [6.45, 7) is -2.93. The van der Waals surface area contributed by atoms with Gasteiger partial charge in [-0.05, 0) is 11.6 Å².